The standard InChI is InChI=1S/C20H19FN2O4S2/c1-13-7-8-14(9-16(13)21)23-17-11-29(25,26)12-18(17)28-20(23)22-19(24)10-27-15-5-3-2-4-6-15/h2-9,17-18H,10-12H2,1H3/t17-,18-/m1/s1. The van der Waals surface area contributed by atoms with Gasteiger partial charge in [0.05, 0.1) is 17.5 Å². The second-order valence-corrected chi connectivity index (χ2v) is 10.4. The fourth-order valence-corrected chi connectivity index (χ4v) is 7.33. The van der Waals surface area contributed by atoms with Crippen molar-refractivity contribution < 1.29 is 22.3 Å². The zero-order chi connectivity index (χ0) is 20.6. The molecule has 2 fully saturated rings. The van der Waals surface area contributed by atoms with Crippen LogP contribution in [0, 0.1) is 12.7 Å². The molecule has 2 saturated heterocycles. The van der Waals surface area contributed by atoms with Gasteiger partial charge in [0, 0.05) is 10.9 Å². The van der Waals surface area contributed by atoms with Gasteiger partial charge >= 0.3 is 0 Å². The molecule has 0 saturated carbocycles. The fourth-order valence-electron chi connectivity index (χ4n) is 3.40. The van der Waals surface area contributed by atoms with E-state index in [0.717, 1.165) is 0 Å². The summed E-state index contributed by atoms with van der Waals surface area (Å²) in [5, 5.41) is 0.130. The van der Waals surface area contributed by atoms with Crippen molar-refractivity contribution >= 4 is 38.4 Å². The number of aryl methyl sites for hydroxylation is 1. The molecular formula is C20H19FN2O4S2. The van der Waals surface area contributed by atoms with E-state index in [2.05, 4.69) is 4.99 Å². The lowest BCUT2D eigenvalue weighted by Gasteiger charge is -2.24. The first-order valence-corrected chi connectivity index (χ1v) is 11.7. The minimum atomic E-state index is -3.18. The first-order chi connectivity index (χ1) is 13.8. The maximum absolute atomic E-state index is 14.1. The number of carbonyl (C=O) groups is 1. The molecule has 2 atom stereocenters. The van der Waals surface area contributed by atoms with E-state index in [-0.39, 0.29) is 29.4 Å². The first-order valence-electron chi connectivity index (χ1n) is 9.04. The van der Waals surface area contributed by atoms with E-state index in [0.29, 0.717) is 22.2 Å². The van der Waals surface area contributed by atoms with E-state index >= 15 is 0 Å². The zero-order valence-electron chi connectivity index (χ0n) is 15.6. The number of sulfone groups is 1. The van der Waals surface area contributed by atoms with Crippen molar-refractivity contribution in [2.75, 3.05) is 23.0 Å². The number of rotatable bonds is 4. The molecule has 0 unspecified atom stereocenters. The van der Waals surface area contributed by atoms with Crippen molar-refractivity contribution in [3.05, 3.63) is 59.9 Å². The molecule has 2 aliphatic heterocycles. The molecule has 0 radical (unpaired) electrons. The molecule has 0 N–H and O–H groups in total. The largest absolute Gasteiger partial charge is 0.484 e. The SMILES string of the molecule is Cc1ccc(N2C(=NC(=O)COc3ccccc3)S[C@@H]3CS(=O)(=O)C[C@H]32)cc1F. The Kier molecular flexibility index (Phi) is 5.35. The van der Waals surface area contributed by atoms with E-state index in [1.807, 2.05) is 6.07 Å². The van der Waals surface area contributed by atoms with Crippen molar-refractivity contribution in [2.24, 2.45) is 4.99 Å². The van der Waals surface area contributed by atoms with E-state index in [1.54, 1.807) is 48.2 Å². The first kappa shape index (κ1) is 19.9. The second kappa shape index (κ2) is 7.79. The molecule has 2 aromatic rings. The highest BCUT2D eigenvalue weighted by atomic mass is 32.2. The Labute approximate surface area is 172 Å². The number of nitrogens with zero attached hydrogens (tertiary/aromatic N) is 2. The highest BCUT2D eigenvalue weighted by Gasteiger charge is 2.49. The number of aliphatic imine (C=N–C) groups is 1. The van der Waals surface area contributed by atoms with Gasteiger partial charge in [0.1, 0.15) is 11.6 Å². The molecule has 4 rings (SSSR count). The lowest BCUT2D eigenvalue weighted by Crippen LogP contribution is -2.38. The van der Waals surface area contributed by atoms with Crippen LogP contribution in [0.2, 0.25) is 0 Å². The molecule has 29 heavy (non-hydrogen) atoms. The number of hydrogen-bond donors (Lipinski definition) is 0. The molecule has 0 bridgehead atoms. The minimum Gasteiger partial charge on any atom is -0.484 e. The third-order valence-electron chi connectivity index (χ3n) is 4.83. The molecule has 152 valence electrons. The van der Waals surface area contributed by atoms with Crippen LogP contribution >= 0.6 is 11.8 Å². The molecule has 1 amide bonds. The monoisotopic (exact) mass is 434 g/mol. The van der Waals surface area contributed by atoms with Gasteiger partial charge in [0.2, 0.25) is 0 Å². The Balaban J connectivity index is 1.59. The predicted molar refractivity (Wildman–Crippen MR) is 112 cm³/mol. The van der Waals surface area contributed by atoms with Crippen LogP contribution in [-0.4, -0.2) is 48.9 Å². The summed E-state index contributed by atoms with van der Waals surface area (Å²) < 4.78 is 43.8. The number of fused-ring (bicyclic) bond motifs is 1. The normalized spacial score (nSPS) is 23.9. The van der Waals surface area contributed by atoms with Crippen molar-refractivity contribution in [1.29, 1.82) is 0 Å². The van der Waals surface area contributed by atoms with Crippen LogP contribution in [0.25, 0.3) is 0 Å². The topological polar surface area (TPSA) is 76.0 Å². The average Bonchev–Trinajstić information content (AvgIpc) is 3.14. The third-order valence-corrected chi connectivity index (χ3v) is 8.04. The Morgan fingerprint density at radius 2 is 2.00 bits per heavy atom. The van der Waals surface area contributed by atoms with Crippen molar-refractivity contribution in [3.8, 4) is 5.75 Å². The van der Waals surface area contributed by atoms with Gasteiger partial charge in [-0.05, 0) is 36.8 Å². The van der Waals surface area contributed by atoms with Gasteiger partial charge in [-0.1, -0.05) is 36.0 Å². The van der Waals surface area contributed by atoms with Gasteiger partial charge in [0.15, 0.2) is 21.6 Å². The molecular weight excluding hydrogens is 415 g/mol. The van der Waals surface area contributed by atoms with Gasteiger partial charge in [-0.3, -0.25) is 4.79 Å². The quantitative estimate of drug-likeness (QED) is 0.737. The molecule has 6 nitrogen and oxygen atoms in total. The number of benzene rings is 2. The molecule has 0 aromatic heterocycles. The third kappa shape index (κ3) is 4.30. The number of ether oxygens (including phenoxy) is 1. The summed E-state index contributed by atoms with van der Waals surface area (Å²) in [6.07, 6.45) is 0. The number of anilines is 1. The number of thioether (sulfide) groups is 1. The van der Waals surface area contributed by atoms with E-state index < -0.39 is 21.6 Å². The Morgan fingerprint density at radius 3 is 2.72 bits per heavy atom. The summed E-state index contributed by atoms with van der Waals surface area (Å²) in [7, 11) is -3.18. The summed E-state index contributed by atoms with van der Waals surface area (Å²) >= 11 is 1.24. The van der Waals surface area contributed by atoms with Crippen LogP contribution < -0.4 is 9.64 Å². The van der Waals surface area contributed by atoms with Crippen LogP contribution in [-0.2, 0) is 14.6 Å². The molecule has 0 aliphatic carbocycles. The molecule has 2 aliphatic rings. The van der Waals surface area contributed by atoms with Crippen LogP contribution in [0.5, 0.6) is 5.75 Å². The molecule has 9 heteroatoms. The Bertz CT molecular complexity index is 1070. The Morgan fingerprint density at radius 1 is 1.24 bits per heavy atom. The summed E-state index contributed by atoms with van der Waals surface area (Å²) in [6.45, 7) is 1.41. The Hall–Kier alpha value is -2.39. The fraction of sp³-hybridized carbons (Fsp3) is 0.300. The van der Waals surface area contributed by atoms with Gasteiger partial charge < -0.3 is 9.64 Å². The van der Waals surface area contributed by atoms with E-state index in [9.17, 15) is 17.6 Å². The van der Waals surface area contributed by atoms with Crippen LogP contribution in [0.15, 0.2) is 53.5 Å². The van der Waals surface area contributed by atoms with Gasteiger partial charge in [-0.15, -0.1) is 0 Å². The number of hydrogen-bond acceptors (Lipinski definition) is 5. The summed E-state index contributed by atoms with van der Waals surface area (Å²) in [4.78, 5) is 18.2. The lowest BCUT2D eigenvalue weighted by atomic mass is 10.1. The predicted octanol–water partition coefficient (Wildman–Crippen LogP) is 2.81. The highest BCUT2D eigenvalue weighted by Crippen LogP contribution is 2.41. The van der Waals surface area contributed by atoms with Gasteiger partial charge in [0.25, 0.3) is 5.91 Å². The van der Waals surface area contributed by atoms with E-state index in [1.165, 1.54) is 17.8 Å². The molecule has 2 aromatic carbocycles. The maximum atomic E-state index is 14.1. The number of carbonyl (C=O) groups excluding carboxylic acids is 1. The van der Waals surface area contributed by atoms with Crippen LogP contribution in [0.4, 0.5) is 10.1 Å². The zero-order valence-corrected chi connectivity index (χ0v) is 17.2. The van der Waals surface area contributed by atoms with Crippen LogP contribution in [0.3, 0.4) is 0 Å². The number of amides is 1. The second-order valence-electron chi connectivity index (χ2n) is 6.99. The number of halogens is 1. The van der Waals surface area contributed by atoms with Gasteiger partial charge in [-0.25, -0.2) is 12.8 Å². The molecule has 0 spiro atoms. The number of amidine groups is 1. The maximum Gasteiger partial charge on any atom is 0.285 e. The van der Waals surface area contributed by atoms with Crippen molar-refractivity contribution in [2.45, 2.75) is 18.2 Å². The van der Waals surface area contributed by atoms with Gasteiger partial charge in [-0.2, -0.15) is 4.99 Å². The summed E-state index contributed by atoms with van der Waals surface area (Å²) in [5.41, 5.74) is 0.975. The van der Waals surface area contributed by atoms with E-state index in [4.69, 9.17) is 4.74 Å². The highest BCUT2D eigenvalue weighted by molar-refractivity contribution is 8.16. The minimum absolute atomic E-state index is 0.0148. The smallest absolute Gasteiger partial charge is 0.285 e. The molecule has 2 heterocycles. The number of para-hydroxylation sites is 1. The lowest BCUT2D eigenvalue weighted by molar-refractivity contribution is -0.119. The van der Waals surface area contributed by atoms with Crippen molar-refractivity contribution in [3.63, 3.8) is 0 Å². The summed E-state index contributed by atoms with van der Waals surface area (Å²) in [5.74, 6) is -0.360. The van der Waals surface area contributed by atoms with Crippen molar-refractivity contribution in [1.82, 2.24) is 0 Å². The van der Waals surface area contributed by atoms with Crippen LogP contribution in [0.1, 0.15) is 5.56 Å². The summed E-state index contributed by atoms with van der Waals surface area (Å²) in [6, 6.07) is 13.2. The average molecular weight is 435 g/mol.